The third-order valence-corrected chi connectivity index (χ3v) is 9.95. The largest absolute Gasteiger partial charge is 0.497 e. The summed E-state index contributed by atoms with van der Waals surface area (Å²) in [5.74, 6) is 1.26. The topological polar surface area (TPSA) is 102 Å². The number of carbonyl (C=O) groups excluding carboxylic acids is 2. The lowest BCUT2D eigenvalue weighted by atomic mass is 10.0. The second kappa shape index (κ2) is 14.0. The van der Waals surface area contributed by atoms with Gasteiger partial charge in [0, 0.05) is 13.0 Å². The van der Waals surface area contributed by atoms with E-state index in [9.17, 15) is 9.59 Å². The van der Waals surface area contributed by atoms with E-state index < -0.39 is 0 Å². The first-order chi connectivity index (χ1) is 21.6. The van der Waals surface area contributed by atoms with Gasteiger partial charge >= 0.3 is 0 Å². The highest BCUT2D eigenvalue weighted by atomic mass is 32.2. The monoisotopic (exact) mass is 642 g/mol. The van der Waals surface area contributed by atoms with Gasteiger partial charge in [0.25, 0.3) is 11.8 Å². The zero-order valence-corrected chi connectivity index (χ0v) is 26.4. The molecule has 3 aromatic heterocycles. The fourth-order valence-corrected chi connectivity index (χ4v) is 7.13. The van der Waals surface area contributed by atoms with Gasteiger partial charge in [-0.1, -0.05) is 66.4 Å². The maximum atomic E-state index is 13.7. The van der Waals surface area contributed by atoms with Gasteiger partial charge in [-0.3, -0.25) is 9.59 Å². The number of hydrazone groups is 1. The number of nitrogens with one attached hydrogen (secondary N) is 1. The predicted molar refractivity (Wildman–Crippen MR) is 174 cm³/mol. The molecule has 4 heterocycles. The number of methoxy groups -OCH3 is 1. The Hall–Kier alpha value is -4.26. The molecule has 0 saturated carbocycles. The Morgan fingerprint density at radius 1 is 0.977 bits per heavy atom. The average Bonchev–Trinajstić information content (AvgIpc) is 3.89. The van der Waals surface area contributed by atoms with Gasteiger partial charge in [-0.25, -0.2) is 5.01 Å². The Balaban J connectivity index is 1.19. The van der Waals surface area contributed by atoms with Crippen LogP contribution in [0.4, 0.5) is 0 Å². The number of amides is 2. The highest BCUT2D eigenvalue weighted by Crippen LogP contribution is 2.35. The van der Waals surface area contributed by atoms with E-state index in [2.05, 4.69) is 27.6 Å². The molecule has 0 unspecified atom stereocenters. The van der Waals surface area contributed by atoms with Crippen LogP contribution >= 0.6 is 34.4 Å². The lowest BCUT2D eigenvalue weighted by Crippen LogP contribution is -2.28. The zero-order valence-electron chi connectivity index (χ0n) is 24.0. The first-order valence-corrected chi connectivity index (χ1v) is 16.8. The maximum Gasteiger partial charge on any atom is 0.261 e. The highest BCUT2D eigenvalue weighted by Gasteiger charge is 2.33. The first kappa shape index (κ1) is 29.8. The molecule has 1 N–H and O–H groups in total. The summed E-state index contributed by atoms with van der Waals surface area (Å²) in [6, 6.07) is 25.4. The molecule has 6 rings (SSSR count). The van der Waals surface area contributed by atoms with Crippen molar-refractivity contribution in [2.75, 3.05) is 12.9 Å². The third kappa shape index (κ3) is 6.93. The van der Waals surface area contributed by atoms with Gasteiger partial charge in [0.1, 0.15) is 5.75 Å². The molecule has 0 aliphatic carbocycles. The number of aryl methyl sites for hydroxylation is 1. The minimum atomic E-state index is -0.218. The zero-order chi connectivity index (χ0) is 30.3. The molecule has 5 aromatic rings. The van der Waals surface area contributed by atoms with E-state index in [1.165, 1.54) is 28.7 Å². The Morgan fingerprint density at radius 2 is 1.77 bits per heavy atom. The van der Waals surface area contributed by atoms with Gasteiger partial charge < -0.3 is 14.6 Å². The van der Waals surface area contributed by atoms with Crippen LogP contribution in [-0.4, -0.2) is 50.2 Å². The van der Waals surface area contributed by atoms with Gasteiger partial charge in [-0.15, -0.1) is 32.9 Å². The van der Waals surface area contributed by atoms with Gasteiger partial charge in [0.05, 0.1) is 40.9 Å². The summed E-state index contributed by atoms with van der Waals surface area (Å²) in [5, 5.41) is 22.7. The fraction of sp³-hybridized carbons (Fsp3) is 0.219. The molecule has 0 fully saturated rings. The van der Waals surface area contributed by atoms with Crippen molar-refractivity contribution in [3.63, 3.8) is 0 Å². The summed E-state index contributed by atoms with van der Waals surface area (Å²) in [5.41, 5.74) is 3.07. The summed E-state index contributed by atoms with van der Waals surface area (Å²) in [4.78, 5) is 28.0. The molecule has 0 spiro atoms. The standard InChI is InChI=1S/C32H30N6O3S3/c1-41-24-13-11-23(12-14-24)26-19-25(27-9-5-17-42-27)36-38(26)30(39)21-44-32-35-34-29(20-33-31(40)28-10-6-18-43-28)37(32)16-15-22-7-3-2-4-8-22/h2-14,17-18,26H,15-16,19-21H2,1H3,(H,33,40)/t26-/m0/s1. The van der Waals surface area contributed by atoms with Crippen molar-refractivity contribution in [2.24, 2.45) is 5.10 Å². The lowest BCUT2D eigenvalue weighted by molar-refractivity contribution is -0.130. The number of thioether (sulfide) groups is 1. The van der Waals surface area contributed by atoms with E-state index in [4.69, 9.17) is 9.84 Å². The van der Waals surface area contributed by atoms with Gasteiger partial charge in [-0.2, -0.15) is 5.10 Å². The van der Waals surface area contributed by atoms with E-state index in [0.29, 0.717) is 28.8 Å². The molecule has 0 bridgehead atoms. The molecular weight excluding hydrogens is 613 g/mol. The van der Waals surface area contributed by atoms with E-state index in [1.54, 1.807) is 29.5 Å². The number of thiophene rings is 2. The molecule has 2 aromatic carbocycles. The summed E-state index contributed by atoms with van der Waals surface area (Å²) >= 11 is 4.34. The Bertz CT molecular complexity index is 1720. The Morgan fingerprint density at radius 3 is 2.50 bits per heavy atom. The summed E-state index contributed by atoms with van der Waals surface area (Å²) < 4.78 is 7.33. The molecule has 9 nitrogen and oxygen atoms in total. The number of nitrogens with zero attached hydrogens (tertiary/aromatic N) is 5. The number of aromatic nitrogens is 3. The van der Waals surface area contributed by atoms with Gasteiger partial charge in [-0.05, 0) is 52.6 Å². The third-order valence-electron chi connectivity index (χ3n) is 7.21. The smallest absolute Gasteiger partial charge is 0.261 e. The Kier molecular flexibility index (Phi) is 9.49. The van der Waals surface area contributed by atoms with E-state index >= 15 is 0 Å². The van der Waals surface area contributed by atoms with Crippen LogP contribution in [0.2, 0.25) is 0 Å². The maximum absolute atomic E-state index is 13.7. The van der Waals surface area contributed by atoms with Crippen LogP contribution < -0.4 is 10.1 Å². The van der Waals surface area contributed by atoms with Crippen molar-refractivity contribution in [1.29, 1.82) is 0 Å². The molecule has 224 valence electrons. The Labute approximate surface area is 267 Å². The van der Waals surface area contributed by atoms with Gasteiger partial charge in [0.15, 0.2) is 11.0 Å². The number of hydrogen-bond acceptors (Lipinski definition) is 9. The van der Waals surface area contributed by atoms with Crippen molar-refractivity contribution in [3.8, 4) is 5.75 Å². The molecule has 1 aliphatic rings. The molecule has 12 heteroatoms. The van der Waals surface area contributed by atoms with Crippen LogP contribution in [0.5, 0.6) is 5.75 Å². The van der Waals surface area contributed by atoms with Crippen LogP contribution in [0.25, 0.3) is 0 Å². The SMILES string of the molecule is COc1ccc([C@@H]2CC(c3cccs3)=NN2C(=O)CSc2nnc(CNC(=O)c3cccs3)n2CCc2ccccc2)cc1. The molecule has 0 saturated heterocycles. The van der Waals surface area contributed by atoms with E-state index in [-0.39, 0.29) is 30.2 Å². The number of carbonyl (C=O) groups is 2. The summed E-state index contributed by atoms with van der Waals surface area (Å²) in [6.07, 6.45) is 1.39. The van der Waals surface area contributed by atoms with Crippen molar-refractivity contribution < 1.29 is 14.3 Å². The number of ether oxygens (including phenoxy) is 1. The number of hydrogen-bond donors (Lipinski definition) is 1. The van der Waals surface area contributed by atoms with Gasteiger partial charge in [0.2, 0.25) is 0 Å². The molecule has 1 atom stereocenters. The second-order valence-corrected chi connectivity index (χ2v) is 12.8. The van der Waals surface area contributed by atoms with Crippen LogP contribution in [-0.2, 0) is 24.3 Å². The quantitative estimate of drug-likeness (QED) is 0.166. The van der Waals surface area contributed by atoms with Crippen LogP contribution in [0, 0.1) is 0 Å². The highest BCUT2D eigenvalue weighted by molar-refractivity contribution is 7.99. The predicted octanol–water partition coefficient (Wildman–Crippen LogP) is 6.05. The lowest BCUT2D eigenvalue weighted by Gasteiger charge is -2.22. The summed E-state index contributed by atoms with van der Waals surface area (Å²) in [7, 11) is 1.64. The van der Waals surface area contributed by atoms with Crippen LogP contribution in [0.15, 0.2) is 99.9 Å². The minimum Gasteiger partial charge on any atom is -0.497 e. The second-order valence-electron chi connectivity index (χ2n) is 9.99. The molecular formula is C32H30N6O3S3. The van der Waals surface area contributed by atoms with Crippen molar-refractivity contribution >= 4 is 52.0 Å². The molecule has 0 radical (unpaired) electrons. The minimum absolute atomic E-state index is 0.118. The molecule has 2 amide bonds. The van der Waals surface area contributed by atoms with Crippen LogP contribution in [0.3, 0.4) is 0 Å². The average molecular weight is 643 g/mol. The van der Waals surface area contributed by atoms with Crippen molar-refractivity contribution in [1.82, 2.24) is 25.1 Å². The fourth-order valence-electron chi connectivity index (χ4n) is 4.93. The first-order valence-electron chi connectivity index (χ1n) is 14.1. The van der Waals surface area contributed by atoms with Crippen molar-refractivity contribution in [2.45, 2.75) is 37.1 Å². The van der Waals surface area contributed by atoms with Crippen molar-refractivity contribution in [3.05, 3.63) is 116 Å². The van der Waals surface area contributed by atoms with E-state index in [1.807, 2.05) is 76.0 Å². The number of benzene rings is 2. The normalized spacial score (nSPS) is 14.4. The van der Waals surface area contributed by atoms with Crippen LogP contribution in [0.1, 0.15) is 44.0 Å². The molecule has 44 heavy (non-hydrogen) atoms. The van der Waals surface area contributed by atoms with E-state index in [0.717, 1.165) is 28.3 Å². The summed E-state index contributed by atoms with van der Waals surface area (Å²) in [6.45, 7) is 0.837. The number of rotatable bonds is 12. The molecule has 1 aliphatic heterocycles.